The lowest BCUT2D eigenvalue weighted by Gasteiger charge is -2.11. The van der Waals surface area contributed by atoms with Crippen molar-refractivity contribution < 1.29 is 19.1 Å². The number of hydrogen-bond donors (Lipinski definition) is 3. The van der Waals surface area contributed by atoms with E-state index in [0.717, 1.165) is 0 Å². The van der Waals surface area contributed by atoms with Crippen LogP contribution < -0.4 is 11.1 Å². The van der Waals surface area contributed by atoms with Crippen molar-refractivity contribution in [3.8, 4) is 11.1 Å². The van der Waals surface area contributed by atoms with Crippen LogP contribution in [-0.4, -0.2) is 31.0 Å². The lowest BCUT2D eigenvalue weighted by Crippen LogP contribution is -2.13. The van der Waals surface area contributed by atoms with E-state index in [9.17, 15) is 14.7 Å². The van der Waals surface area contributed by atoms with Crippen LogP contribution in [0.5, 0.6) is 0 Å². The minimum Gasteiger partial charge on any atom is -0.399 e. The molecule has 3 aromatic heterocycles. The lowest BCUT2D eigenvalue weighted by molar-refractivity contribution is 0.0982. The summed E-state index contributed by atoms with van der Waals surface area (Å²) in [6.07, 6.45) is 5.02. The Bertz CT molecular complexity index is 1360. The average molecular weight is 435 g/mol. The maximum Gasteiger partial charge on any atom is 0.257 e. The number of rotatable bonds is 6. The number of pyridine rings is 1. The summed E-state index contributed by atoms with van der Waals surface area (Å²) in [5.74, 6) is -1.40. The van der Waals surface area contributed by atoms with Gasteiger partial charge in [-0.1, -0.05) is 6.92 Å². The quantitative estimate of drug-likeness (QED) is 0.402. The van der Waals surface area contributed by atoms with E-state index in [1.807, 2.05) is 0 Å². The molecule has 4 aromatic rings. The molecular weight excluding hydrogens is 413 g/mol. The molecule has 0 radical (unpaired) electrons. The first kappa shape index (κ1) is 21.3. The van der Waals surface area contributed by atoms with Crippen LogP contribution in [0.25, 0.3) is 16.6 Å². The number of fused-ring (bicyclic) bond motifs is 1. The Kier molecular flexibility index (Phi) is 5.50. The molecule has 4 N–H and O–H groups in total. The third-order valence-corrected chi connectivity index (χ3v) is 5.23. The van der Waals surface area contributed by atoms with Gasteiger partial charge in [-0.2, -0.15) is 5.10 Å². The second-order valence-electron chi connectivity index (χ2n) is 7.46. The van der Waals surface area contributed by atoms with Crippen LogP contribution in [0.15, 0.2) is 48.9 Å². The number of benzene rings is 1. The zero-order chi connectivity index (χ0) is 23.0. The molecule has 0 aliphatic rings. The molecule has 32 heavy (non-hydrogen) atoms. The number of carbonyl (C=O) groups excluding carboxylic acids is 2. The summed E-state index contributed by atoms with van der Waals surface area (Å²) in [7, 11) is 1.71. The van der Waals surface area contributed by atoms with E-state index in [4.69, 9.17) is 5.73 Å². The molecule has 0 aliphatic carbocycles. The van der Waals surface area contributed by atoms with Crippen molar-refractivity contribution in [1.29, 1.82) is 0 Å². The maximum absolute atomic E-state index is 15.3. The number of halogens is 1. The second-order valence-corrected chi connectivity index (χ2v) is 7.46. The molecule has 0 saturated carbocycles. The third kappa shape index (κ3) is 3.74. The van der Waals surface area contributed by atoms with Gasteiger partial charge < -0.3 is 20.6 Å². The van der Waals surface area contributed by atoms with Gasteiger partial charge in [0.15, 0.2) is 11.6 Å². The molecule has 4 rings (SSSR count). The molecule has 0 unspecified atom stereocenters. The number of nitrogens with two attached hydrogens (primary N) is 1. The van der Waals surface area contributed by atoms with E-state index in [2.05, 4.69) is 10.4 Å². The largest absolute Gasteiger partial charge is 0.399 e. The zero-order valence-electron chi connectivity index (χ0n) is 17.6. The van der Waals surface area contributed by atoms with Gasteiger partial charge in [-0.15, -0.1) is 0 Å². The van der Waals surface area contributed by atoms with Crippen LogP contribution in [0.3, 0.4) is 0 Å². The fraction of sp³-hybridized carbons (Fsp3) is 0.174. The number of nitrogens with one attached hydrogen (secondary N) is 1. The number of nitrogens with zero attached hydrogens (tertiary/aromatic N) is 3. The van der Waals surface area contributed by atoms with E-state index < -0.39 is 11.7 Å². The van der Waals surface area contributed by atoms with Crippen molar-refractivity contribution >= 4 is 28.6 Å². The highest BCUT2D eigenvalue weighted by atomic mass is 19.1. The minimum atomic E-state index is -0.656. The Balaban J connectivity index is 1.79. The van der Waals surface area contributed by atoms with Gasteiger partial charge in [-0.25, -0.2) is 4.39 Å². The Morgan fingerprint density at radius 2 is 2.03 bits per heavy atom. The fourth-order valence-electron chi connectivity index (χ4n) is 3.62. The summed E-state index contributed by atoms with van der Waals surface area (Å²) in [5, 5.41) is 16.3. The number of aryl methyl sites for hydroxylation is 1. The molecule has 3 heterocycles. The SMILES string of the molecule is CCC(=O)c1cc(C(=O)Nc2cc(CO)cc(-c3cnn(C)c3)c2F)c2cc(N)ccn12. The predicted molar refractivity (Wildman–Crippen MR) is 119 cm³/mol. The molecule has 0 bridgehead atoms. The van der Waals surface area contributed by atoms with E-state index in [1.54, 1.807) is 42.9 Å². The Hall–Kier alpha value is -3.98. The second kappa shape index (κ2) is 8.27. The smallest absolute Gasteiger partial charge is 0.257 e. The average Bonchev–Trinajstić information content (AvgIpc) is 3.38. The standard InChI is InChI=1S/C23H22FN5O3/c1-3-21(31)20-9-17(19-8-15(25)4-5-29(19)20)23(32)27-18-7-13(12-30)6-16(22(18)24)14-10-26-28(2)11-14/h4-11,30H,3,12,25H2,1-2H3,(H,27,32). The number of nitrogen functional groups attached to an aromatic ring is 1. The zero-order valence-corrected chi connectivity index (χ0v) is 17.6. The number of ketones is 1. The van der Waals surface area contributed by atoms with Gasteiger partial charge in [-0.05, 0) is 35.9 Å². The summed E-state index contributed by atoms with van der Waals surface area (Å²) in [6, 6.07) is 7.58. The van der Waals surface area contributed by atoms with Crippen molar-refractivity contribution in [2.45, 2.75) is 20.0 Å². The van der Waals surface area contributed by atoms with Crippen LogP contribution in [0.4, 0.5) is 15.8 Å². The number of aromatic nitrogens is 3. The predicted octanol–water partition coefficient (Wildman–Crippen LogP) is 3.40. The highest BCUT2D eigenvalue weighted by molar-refractivity contribution is 6.12. The van der Waals surface area contributed by atoms with E-state index >= 15 is 4.39 Å². The van der Waals surface area contributed by atoms with Gasteiger partial charge in [0.1, 0.15) is 0 Å². The first-order chi connectivity index (χ1) is 15.3. The van der Waals surface area contributed by atoms with Crippen LogP contribution in [0, 0.1) is 5.82 Å². The first-order valence-electron chi connectivity index (χ1n) is 9.99. The van der Waals surface area contributed by atoms with Crippen LogP contribution in [0.1, 0.15) is 39.8 Å². The molecule has 0 saturated heterocycles. The van der Waals surface area contributed by atoms with Gasteiger partial charge in [0.2, 0.25) is 0 Å². The molecule has 0 spiro atoms. The van der Waals surface area contributed by atoms with Gasteiger partial charge >= 0.3 is 0 Å². The summed E-state index contributed by atoms with van der Waals surface area (Å²) in [4.78, 5) is 25.5. The Labute approximate surface area is 183 Å². The first-order valence-corrected chi connectivity index (χ1v) is 9.99. The van der Waals surface area contributed by atoms with Crippen LogP contribution >= 0.6 is 0 Å². The summed E-state index contributed by atoms with van der Waals surface area (Å²) in [5.41, 5.74) is 8.32. The number of carbonyl (C=O) groups is 2. The van der Waals surface area contributed by atoms with Gasteiger partial charge in [0.05, 0.1) is 35.3 Å². The highest BCUT2D eigenvalue weighted by Gasteiger charge is 2.21. The number of aliphatic hydroxyl groups excluding tert-OH is 1. The molecule has 0 fully saturated rings. The summed E-state index contributed by atoms with van der Waals surface area (Å²) < 4.78 is 18.4. The molecule has 1 aromatic carbocycles. The summed E-state index contributed by atoms with van der Waals surface area (Å²) in [6.45, 7) is 1.39. The lowest BCUT2D eigenvalue weighted by atomic mass is 10.0. The maximum atomic E-state index is 15.3. The molecular formula is C23H22FN5O3. The molecule has 1 amide bonds. The topological polar surface area (TPSA) is 115 Å². The monoisotopic (exact) mass is 435 g/mol. The highest BCUT2D eigenvalue weighted by Crippen LogP contribution is 2.30. The van der Waals surface area contributed by atoms with E-state index in [1.165, 1.54) is 29.1 Å². The fourth-order valence-corrected chi connectivity index (χ4v) is 3.62. The molecule has 0 atom stereocenters. The number of aliphatic hydroxyl groups is 1. The van der Waals surface area contributed by atoms with Gasteiger partial charge in [0, 0.05) is 42.7 Å². The number of amides is 1. The summed E-state index contributed by atoms with van der Waals surface area (Å²) >= 11 is 0. The molecule has 9 heteroatoms. The number of anilines is 2. The normalized spacial score (nSPS) is 11.1. The van der Waals surface area contributed by atoms with Gasteiger partial charge in [-0.3, -0.25) is 14.3 Å². The molecule has 8 nitrogen and oxygen atoms in total. The van der Waals surface area contributed by atoms with Crippen molar-refractivity contribution in [3.63, 3.8) is 0 Å². The number of hydrogen-bond acceptors (Lipinski definition) is 5. The van der Waals surface area contributed by atoms with Crippen molar-refractivity contribution in [1.82, 2.24) is 14.2 Å². The molecule has 164 valence electrons. The Morgan fingerprint density at radius 1 is 1.25 bits per heavy atom. The number of Topliss-reactive ketones (excluding diaryl/α,β-unsaturated/α-hetero) is 1. The Morgan fingerprint density at radius 3 is 2.69 bits per heavy atom. The third-order valence-electron chi connectivity index (χ3n) is 5.23. The van der Waals surface area contributed by atoms with E-state index in [0.29, 0.717) is 28.0 Å². The van der Waals surface area contributed by atoms with Crippen LogP contribution in [0.2, 0.25) is 0 Å². The van der Waals surface area contributed by atoms with Crippen LogP contribution in [-0.2, 0) is 13.7 Å². The molecule has 0 aliphatic heterocycles. The van der Waals surface area contributed by atoms with Gasteiger partial charge in [0.25, 0.3) is 5.91 Å². The minimum absolute atomic E-state index is 0.0907. The van der Waals surface area contributed by atoms with E-state index in [-0.39, 0.29) is 35.6 Å². The van der Waals surface area contributed by atoms with Crippen molar-refractivity contribution in [2.75, 3.05) is 11.1 Å². The van der Waals surface area contributed by atoms with Crippen molar-refractivity contribution in [3.05, 3.63) is 71.6 Å². The van der Waals surface area contributed by atoms with Crippen molar-refractivity contribution in [2.24, 2.45) is 7.05 Å².